The summed E-state index contributed by atoms with van der Waals surface area (Å²) in [6.45, 7) is 10.3. The van der Waals surface area contributed by atoms with E-state index >= 15 is 0 Å². The Hall–Kier alpha value is -0.0400. The van der Waals surface area contributed by atoms with E-state index in [1.807, 2.05) is 0 Å². The highest BCUT2D eigenvalue weighted by atomic mass is 14.9. The Bertz CT molecular complexity index is 154. The van der Waals surface area contributed by atoms with E-state index in [2.05, 4.69) is 33.0 Å². The van der Waals surface area contributed by atoms with Crippen LogP contribution in [-0.2, 0) is 0 Å². The van der Waals surface area contributed by atoms with Gasteiger partial charge in [-0.1, -0.05) is 79.1 Å². The molecule has 1 atom stereocenters. The molecule has 0 bridgehead atoms. The summed E-state index contributed by atoms with van der Waals surface area (Å²) in [6, 6.07) is 0.637. The number of hydrogen-bond donors (Lipinski definition) is 1. The normalized spacial score (nSPS) is 13.2. The van der Waals surface area contributed by atoms with E-state index in [9.17, 15) is 0 Å². The number of rotatable bonds is 13. The van der Waals surface area contributed by atoms with Crippen LogP contribution in [-0.4, -0.2) is 12.6 Å². The standard InChI is InChI=1S/C17H37N/c1-5-7-8-9-10-11-12-14-17(13-6-2)15-18-16(3)4/h16-18H,5-15H2,1-4H3. The minimum atomic E-state index is 0.637. The van der Waals surface area contributed by atoms with Gasteiger partial charge in [0.1, 0.15) is 0 Å². The molecule has 0 heterocycles. The highest BCUT2D eigenvalue weighted by molar-refractivity contribution is 4.64. The van der Waals surface area contributed by atoms with Crippen molar-refractivity contribution in [3.05, 3.63) is 0 Å². The molecular formula is C17H37N. The summed E-state index contributed by atoms with van der Waals surface area (Å²) in [7, 11) is 0. The average Bonchev–Trinajstić information content (AvgIpc) is 2.34. The van der Waals surface area contributed by atoms with E-state index in [0.717, 1.165) is 5.92 Å². The first-order valence-corrected chi connectivity index (χ1v) is 8.44. The second kappa shape index (κ2) is 13.4. The molecule has 0 aromatic rings. The van der Waals surface area contributed by atoms with E-state index < -0.39 is 0 Å². The smallest absolute Gasteiger partial charge is 0.00104 e. The molecule has 0 saturated heterocycles. The lowest BCUT2D eigenvalue weighted by Crippen LogP contribution is -2.29. The van der Waals surface area contributed by atoms with Crippen LogP contribution in [0.15, 0.2) is 0 Å². The second-order valence-electron chi connectivity index (χ2n) is 6.13. The average molecular weight is 255 g/mol. The van der Waals surface area contributed by atoms with Crippen LogP contribution in [0.5, 0.6) is 0 Å². The number of nitrogens with one attached hydrogen (secondary N) is 1. The molecule has 18 heavy (non-hydrogen) atoms. The Morgan fingerprint density at radius 3 is 1.89 bits per heavy atom. The molecular weight excluding hydrogens is 218 g/mol. The van der Waals surface area contributed by atoms with Crippen molar-refractivity contribution in [2.24, 2.45) is 5.92 Å². The highest BCUT2D eigenvalue weighted by Gasteiger charge is 2.07. The molecule has 0 aromatic heterocycles. The Kier molecular flexibility index (Phi) is 13.4. The Labute approximate surface area is 116 Å². The van der Waals surface area contributed by atoms with Gasteiger partial charge in [0.15, 0.2) is 0 Å². The maximum atomic E-state index is 3.60. The molecule has 0 spiro atoms. The molecule has 0 aliphatic rings. The topological polar surface area (TPSA) is 12.0 Å². The molecule has 0 rings (SSSR count). The number of unbranched alkanes of at least 4 members (excludes halogenated alkanes) is 6. The minimum Gasteiger partial charge on any atom is -0.314 e. The van der Waals surface area contributed by atoms with E-state index in [1.54, 1.807) is 0 Å². The Balaban J connectivity index is 3.45. The summed E-state index contributed by atoms with van der Waals surface area (Å²) in [5.74, 6) is 0.910. The molecule has 1 N–H and O–H groups in total. The van der Waals surface area contributed by atoms with Crippen LogP contribution in [0.1, 0.15) is 91.9 Å². The zero-order valence-electron chi connectivity index (χ0n) is 13.4. The largest absolute Gasteiger partial charge is 0.314 e. The Morgan fingerprint density at radius 2 is 1.33 bits per heavy atom. The van der Waals surface area contributed by atoms with Gasteiger partial charge in [0, 0.05) is 6.04 Å². The van der Waals surface area contributed by atoms with Gasteiger partial charge in [0.2, 0.25) is 0 Å². The van der Waals surface area contributed by atoms with Crippen LogP contribution in [0.25, 0.3) is 0 Å². The predicted molar refractivity (Wildman–Crippen MR) is 84.1 cm³/mol. The van der Waals surface area contributed by atoms with Crippen LogP contribution in [0.3, 0.4) is 0 Å². The van der Waals surface area contributed by atoms with E-state index in [-0.39, 0.29) is 0 Å². The van der Waals surface area contributed by atoms with Crippen molar-refractivity contribution in [2.45, 2.75) is 97.9 Å². The van der Waals surface area contributed by atoms with Gasteiger partial charge >= 0.3 is 0 Å². The summed E-state index contributed by atoms with van der Waals surface area (Å²) < 4.78 is 0. The lowest BCUT2D eigenvalue weighted by molar-refractivity contribution is 0.381. The van der Waals surface area contributed by atoms with Crippen LogP contribution >= 0.6 is 0 Å². The van der Waals surface area contributed by atoms with Crippen molar-refractivity contribution >= 4 is 0 Å². The molecule has 0 aliphatic heterocycles. The first kappa shape index (κ1) is 18.0. The summed E-state index contributed by atoms with van der Waals surface area (Å²) in [5.41, 5.74) is 0. The first-order valence-electron chi connectivity index (χ1n) is 8.44. The molecule has 1 heteroatoms. The van der Waals surface area contributed by atoms with Gasteiger partial charge in [-0.25, -0.2) is 0 Å². The van der Waals surface area contributed by atoms with Gasteiger partial charge in [0.25, 0.3) is 0 Å². The monoisotopic (exact) mass is 255 g/mol. The quantitative estimate of drug-likeness (QED) is 0.426. The lowest BCUT2D eigenvalue weighted by Gasteiger charge is -2.18. The second-order valence-corrected chi connectivity index (χ2v) is 6.13. The van der Waals surface area contributed by atoms with Crippen LogP contribution in [0.4, 0.5) is 0 Å². The fourth-order valence-electron chi connectivity index (χ4n) is 2.55. The van der Waals surface area contributed by atoms with Crippen LogP contribution in [0, 0.1) is 5.92 Å². The fraction of sp³-hybridized carbons (Fsp3) is 1.00. The summed E-state index contributed by atoms with van der Waals surface area (Å²) >= 11 is 0. The van der Waals surface area contributed by atoms with Gasteiger partial charge in [0.05, 0.1) is 0 Å². The molecule has 0 aromatic carbocycles. The summed E-state index contributed by atoms with van der Waals surface area (Å²) in [4.78, 5) is 0. The lowest BCUT2D eigenvalue weighted by atomic mass is 9.95. The van der Waals surface area contributed by atoms with Crippen molar-refractivity contribution in [2.75, 3.05) is 6.54 Å². The zero-order chi connectivity index (χ0) is 13.6. The third kappa shape index (κ3) is 12.4. The van der Waals surface area contributed by atoms with Crippen molar-refractivity contribution in [3.8, 4) is 0 Å². The highest BCUT2D eigenvalue weighted by Crippen LogP contribution is 2.16. The van der Waals surface area contributed by atoms with E-state index in [1.165, 1.54) is 70.8 Å². The molecule has 110 valence electrons. The van der Waals surface area contributed by atoms with Crippen LogP contribution < -0.4 is 5.32 Å². The third-order valence-electron chi connectivity index (χ3n) is 3.73. The van der Waals surface area contributed by atoms with Crippen molar-refractivity contribution in [1.29, 1.82) is 0 Å². The molecule has 0 aliphatic carbocycles. The van der Waals surface area contributed by atoms with Gasteiger partial charge in [-0.05, 0) is 25.3 Å². The SMILES string of the molecule is CCCCCCCCCC(CCC)CNC(C)C. The summed E-state index contributed by atoms with van der Waals surface area (Å²) in [6.07, 6.45) is 14.2. The van der Waals surface area contributed by atoms with Gasteiger partial charge < -0.3 is 5.32 Å². The fourth-order valence-corrected chi connectivity index (χ4v) is 2.55. The van der Waals surface area contributed by atoms with Gasteiger partial charge in [-0.2, -0.15) is 0 Å². The van der Waals surface area contributed by atoms with Gasteiger partial charge in [-0.3, -0.25) is 0 Å². The predicted octanol–water partition coefficient (Wildman–Crippen LogP) is 5.54. The van der Waals surface area contributed by atoms with Crippen molar-refractivity contribution < 1.29 is 0 Å². The first-order chi connectivity index (χ1) is 8.70. The molecule has 1 nitrogen and oxygen atoms in total. The van der Waals surface area contributed by atoms with Crippen LogP contribution in [0.2, 0.25) is 0 Å². The maximum Gasteiger partial charge on any atom is 0.00104 e. The molecule has 0 fully saturated rings. The molecule has 0 amide bonds. The summed E-state index contributed by atoms with van der Waals surface area (Å²) in [5, 5.41) is 3.60. The van der Waals surface area contributed by atoms with Crippen molar-refractivity contribution in [1.82, 2.24) is 5.32 Å². The van der Waals surface area contributed by atoms with Gasteiger partial charge in [-0.15, -0.1) is 0 Å². The number of hydrogen-bond acceptors (Lipinski definition) is 1. The maximum absolute atomic E-state index is 3.60. The molecule has 0 saturated carbocycles. The van der Waals surface area contributed by atoms with E-state index in [0.29, 0.717) is 6.04 Å². The zero-order valence-corrected chi connectivity index (χ0v) is 13.4. The molecule has 1 unspecified atom stereocenters. The van der Waals surface area contributed by atoms with E-state index in [4.69, 9.17) is 0 Å². The third-order valence-corrected chi connectivity index (χ3v) is 3.73. The Morgan fingerprint density at radius 1 is 0.722 bits per heavy atom. The minimum absolute atomic E-state index is 0.637. The molecule has 0 radical (unpaired) electrons. The van der Waals surface area contributed by atoms with Crippen molar-refractivity contribution in [3.63, 3.8) is 0 Å².